The number of hydrogen-bond acceptors (Lipinski definition) is 1. The number of carbonyl (C=O) groups excluding carboxylic acids is 1. The van der Waals surface area contributed by atoms with Gasteiger partial charge in [0.2, 0.25) is 0 Å². The molecule has 0 aromatic heterocycles. The zero-order chi connectivity index (χ0) is 13.0. The summed E-state index contributed by atoms with van der Waals surface area (Å²) in [6.07, 6.45) is 0. The van der Waals surface area contributed by atoms with Crippen molar-refractivity contribution in [2.45, 2.75) is 26.8 Å². The van der Waals surface area contributed by atoms with Crippen molar-refractivity contribution in [3.8, 4) is 0 Å². The second-order valence-corrected chi connectivity index (χ2v) is 6.09. The maximum absolute atomic E-state index is 12.1. The molecule has 2 nitrogen and oxygen atoms in total. The number of carbonyl (C=O) groups is 1. The molecule has 0 fully saturated rings. The van der Waals surface area contributed by atoms with E-state index in [1.54, 1.807) is 0 Å². The van der Waals surface area contributed by atoms with Crippen LogP contribution in [0.15, 0.2) is 22.7 Å². The third-order valence-corrected chi connectivity index (χ3v) is 4.73. The van der Waals surface area contributed by atoms with Crippen LogP contribution in [0, 0.1) is 12.8 Å². The molecule has 0 aliphatic carbocycles. The fourth-order valence-electron chi connectivity index (χ4n) is 1.45. The van der Waals surface area contributed by atoms with Gasteiger partial charge in [0.05, 0.1) is 5.56 Å². The molecule has 0 saturated heterocycles. The van der Waals surface area contributed by atoms with Gasteiger partial charge >= 0.3 is 0 Å². The quantitative estimate of drug-likeness (QED) is 0.592. The monoisotopic (exact) mass is 409 g/mol. The molecular weight excluding hydrogens is 393 g/mol. The minimum absolute atomic E-state index is 0.00376. The molecule has 0 saturated carbocycles. The molecule has 0 aliphatic heterocycles. The zero-order valence-electron chi connectivity index (χ0n) is 10.3. The molecule has 1 aromatic rings. The summed E-state index contributed by atoms with van der Waals surface area (Å²) in [5.41, 5.74) is 1.79. The number of benzene rings is 1. The van der Waals surface area contributed by atoms with Crippen LogP contribution in [0.5, 0.6) is 0 Å². The van der Waals surface area contributed by atoms with Crippen LogP contribution >= 0.6 is 38.5 Å². The smallest absolute Gasteiger partial charge is 0.252 e. The first-order chi connectivity index (χ1) is 7.97. The summed E-state index contributed by atoms with van der Waals surface area (Å²) in [5.74, 6) is 0.440. The SMILES string of the molecule is Cc1cccc(C(=O)NC(CI)C(C)C)c1Br. The number of amides is 1. The topological polar surface area (TPSA) is 29.1 Å². The molecule has 0 heterocycles. The van der Waals surface area contributed by atoms with E-state index in [2.05, 4.69) is 57.7 Å². The normalized spacial score (nSPS) is 12.6. The average Bonchev–Trinajstić information content (AvgIpc) is 2.28. The second kappa shape index (κ2) is 6.73. The maximum atomic E-state index is 12.1. The summed E-state index contributed by atoms with van der Waals surface area (Å²) in [6, 6.07) is 5.95. The van der Waals surface area contributed by atoms with Gasteiger partial charge in [-0.25, -0.2) is 0 Å². The van der Waals surface area contributed by atoms with E-state index < -0.39 is 0 Å². The summed E-state index contributed by atoms with van der Waals surface area (Å²) >= 11 is 5.77. The van der Waals surface area contributed by atoms with Crippen molar-refractivity contribution in [2.24, 2.45) is 5.92 Å². The molecule has 94 valence electrons. The van der Waals surface area contributed by atoms with E-state index in [1.807, 2.05) is 25.1 Å². The molecule has 0 aliphatic rings. The number of halogens is 2. The van der Waals surface area contributed by atoms with E-state index in [0.29, 0.717) is 11.5 Å². The number of rotatable bonds is 4. The van der Waals surface area contributed by atoms with E-state index >= 15 is 0 Å². The average molecular weight is 410 g/mol. The third kappa shape index (κ3) is 3.95. The predicted octanol–water partition coefficient (Wildman–Crippen LogP) is 3.95. The highest BCUT2D eigenvalue weighted by Crippen LogP contribution is 2.21. The second-order valence-electron chi connectivity index (χ2n) is 4.41. The maximum Gasteiger partial charge on any atom is 0.252 e. The molecule has 1 amide bonds. The molecule has 1 atom stereocenters. The lowest BCUT2D eigenvalue weighted by molar-refractivity contribution is 0.0931. The largest absolute Gasteiger partial charge is 0.348 e. The van der Waals surface area contributed by atoms with E-state index in [0.717, 1.165) is 14.5 Å². The van der Waals surface area contributed by atoms with Gasteiger partial charge in [0.25, 0.3) is 5.91 Å². The van der Waals surface area contributed by atoms with Crippen molar-refractivity contribution in [3.05, 3.63) is 33.8 Å². The van der Waals surface area contributed by atoms with Gasteiger partial charge in [-0.2, -0.15) is 0 Å². The van der Waals surface area contributed by atoms with Crippen molar-refractivity contribution < 1.29 is 4.79 Å². The molecule has 1 N–H and O–H groups in total. The Hall–Kier alpha value is -0.100. The van der Waals surface area contributed by atoms with Crippen molar-refractivity contribution in [3.63, 3.8) is 0 Å². The Morgan fingerprint density at radius 3 is 2.65 bits per heavy atom. The number of hydrogen-bond donors (Lipinski definition) is 1. The molecule has 1 aromatic carbocycles. The van der Waals surface area contributed by atoms with Crippen molar-refractivity contribution in [1.29, 1.82) is 0 Å². The lowest BCUT2D eigenvalue weighted by Crippen LogP contribution is -2.39. The standard InChI is InChI=1S/C13H17BrINO/c1-8(2)11(7-15)16-13(17)10-6-4-5-9(3)12(10)14/h4-6,8,11H,7H2,1-3H3,(H,16,17). The highest BCUT2D eigenvalue weighted by Gasteiger charge is 2.17. The fraction of sp³-hybridized carbons (Fsp3) is 0.462. The number of alkyl halides is 1. The van der Waals surface area contributed by atoms with Crippen LogP contribution in [0.4, 0.5) is 0 Å². The van der Waals surface area contributed by atoms with Gasteiger partial charge in [-0.1, -0.05) is 48.6 Å². The fourth-order valence-corrected chi connectivity index (χ4v) is 3.13. The van der Waals surface area contributed by atoms with Crippen LogP contribution < -0.4 is 5.32 Å². The van der Waals surface area contributed by atoms with Crippen LogP contribution in [0.25, 0.3) is 0 Å². The van der Waals surface area contributed by atoms with Gasteiger partial charge in [-0.15, -0.1) is 0 Å². The van der Waals surface area contributed by atoms with E-state index in [-0.39, 0.29) is 11.9 Å². The van der Waals surface area contributed by atoms with Gasteiger partial charge in [-0.3, -0.25) is 4.79 Å². The first-order valence-corrected chi connectivity index (χ1v) is 7.91. The predicted molar refractivity (Wildman–Crippen MR) is 83.9 cm³/mol. The van der Waals surface area contributed by atoms with Gasteiger partial charge in [-0.05, 0) is 40.4 Å². The highest BCUT2D eigenvalue weighted by atomic mass is 127. The molecule has 0 spiro atoms. The van der Waals surface area contributed by atoms with Crippen LogP contribution in [0.1, 0.15) is 29.8 Å². The number of nitrogens with one attached hydrogen (secondary N) is 1. The Kier molecular flexibility index (Phi) is 5.92. The minimum atomic E-state index is -0.00376. The molecule has 1 rings (SSSR count). The third-order valence-electron chi connectivity index (χ3n) is 2.72. The Balaban J connectivity index is 2.86. The van der Waals surface area contributed by atoms with E-state index in [4.69, 9.17) is 0 Å². The van der Waals surface area contributed by atoms with Gasteiger partial charge < -0.3 is 5.32 Å². The van der Waals surface area contributed by atoms with E-state index in [9.17, 15) is 4.79 Å². The summed E-state index contributed by atoms with van der Waals surface area (Å²) in [5, 5.41) is 3.07. The lowest BCUT2D eigenvalue weighted by Gasteiger charge is -2.20. The molecule has 4 heteroatoms. The molecular formula is C13H17BrINO. The van der Waals surface area contributed by atoms with Gasteiger partial charge in [0.15, 0.2) is 0 Å². The highest BCUT2D eigenvalue weighted by molar-refractivity contribution is 14.1. The van der Waals surface area contributed by atoms with Crippen LogP contribution in [-0.4, -0.2) is 16.4 Å². The van der Waals surface area contributed by atoms with Gasteiger partial charge in [0, 0.05) is 14.9 Å². The van der Waals surface area contributed by atoms with Crippen LogP contribution in [0.3, 0.4) is 0 Å². The molecule has 1 unspecified atom stereocenters. The first kappa shape index (κ1) is 15.0. The summed E-state index contributed by atoms with van der Waals surface area (Å²) < 4.78 is 1.80. The Labute approximate surface area is 125 Å². The Morgan fingerprint density at radius 2 is 2.12 bits per heavy atom. The van der Waals surface area contributed by atoms with E-state index in [1.165, 1.54) is 0 Å². The molecule has 17 heavy (non-hydrogen) atoms. The van der Waals surface area contributed by atoms with Crippen molar-refractivity contribution in [2.75, 3.05) is 4.43 Å². The van der Waals surface area contributed by atoms with Crippen molar-refractivity contribution >= 4 is 44.4 Å². The Bertz CT molecular complexity index is 406. The Morgan fingerprint density at radius 1 is 1.47 bits per heavy atom. The molecule has 0 radical (unpaired) electrons. The number of aryl methyl sites for hydroxylation is 1. The molecule has 0 bridgehead atoms. The van der Waals surface area contributed by atoms with Gasteiger partial charge in [0.1, 0.15) is 0 Å². The minimum Gasteiger partial charge on any atom is -0.348 e. The van der Waals surface area contributed by atoms with Crippen LogP contribution in [0.2, 0.25) is 0 Å². The lowest BCUT2D eigenvalue weighted by atomic mass is 10.1. The summed E-state index contributed by atoms with van der Waals surface area (Å²) in [7, 11) is 0. The first-order valence-electron chi connectivity index (χ1n) is 5.59. The summed E-state index contributed by atoms with van der Waals surface area (Å²) in [4.78, 5) is 12.1. The van der Waals surface area contributed by atoms with Crippen LogP contribution in [-0.2, 0) is 0 Å². The zero-order valence-corrected chi connectivity index (χ0v) is 14.0. The summed E-state index contributed by atoms with van der Waals surface area (Å²) in [6.45, 7) is 6.23. The van der Waals surface area contributed by atoms with Crippen molar-refractivity contribution in [1.82, 2.24) is 5.32 Å².